The molecular weight excluding hydrogens is 348 g/mol. The van der Waals surface area contributed by atoms with Gasteiger partial charge in [0.25, 0.3) is 0 Å². The van der Waals surface area contributed by atoms with Gasteiger partial charge in [-0.2, -0.15) is 0 Å². The topological polar surface area (TPSA) is 165 Å². The maximum Gasteiger partial charge on any atom is 0.307 e. The van der Waals surface area contributed by atoms with E-state index < -0.39 is 17.9 Å². The van der Waals surface area contributed by atoms with Gasteiger partial charge in [-0.1, -0.05) is 12.1 Å². The molecular formula is C16H25ClN4O4. The van der Waals surface area contributed by atoms with Crippen LogP contribution >= 0.6 is 12.4 Å². The SMILES string of the molecule is Cl.NC(N)=NCCC[C@@H](N)C(=O)C[C@H](Cc1ccc(O)cc1)C(=O)O. The summed E-state index contributed by atoms with van der Waals surface area (Å²) in [5, 5.41) is 18.6. The lowest BCUT2D eigenvalue weighted by Crippen LogP contribution is -2.34. The molecule has 0 aliphatic carbocycles. The smallest absolute Gasteiger partial charge is 0.307 e. The second kappa shape index (κ2) is 11.3. The van der Waals surface area contributed by atoms with E-state index in [9.17, 15) is 19.8 Å². The maximum absolute atomic E-state index is 12.1. The molecule has 0 unspecified atom stereocenters. The zero-order chi connectivity index (χ0) is 18.1. The Balaban J connectivity index is 0.00000576. The number of halogens is 1. The van der Waals surface area contributed by atoms with Gasteiger partial charge in [-0.3, -0.25) is 14.6 Å². The van der Waals surface area contributed by atoms with Gasteiger partial charge in [-0.25, -0.2) is 0 Å². The lowest BCUT2D eigenvalue weighted by molar-refractivity contribution is -0.143. The summed E-state index contributed by atoms with van der Waals surface area (Å²) in [6, 6.07) is 5.48. The van der Waals surface area contributed by atoms with Crippen LogP contribution in [0.15, 0.2) is 29.3 Å². The molecule has 0 aliphatic heterocycles. The number of ketones is 1. The molecule has 0 bridgehead atoms. The first-order valence-electron chi connectivity index (χ1n) is 7.64. The molecule has 9 heteroatoms. The number of phenols is 1. The third-order valence-electron chi connectivity index (χ3n) is 3.60. The predicted molar refractivity (Wildman–Crippen MR) is 97.7 cm³/mol. The zero-order valence-corrected chi connectivity index (χ0v) is 14.6. The Morgan fingerprint density at radius 2 is 1.76 bits per heavy atom. The highest BCUT2D eigenvalue weighted by atomic mass is 35.5. The molecule has 0 aliphatic rings. The molecule has 0 fully saturated rings. The number of aromatic hydroxyl groups is 1. The Morgan fingerprint density at radius 3 is 2.28 bits per heavy atom. The number of carbonyl (C=O) groups is 2. The second-order valence-electron chi connectivity index (χ2n) is 5.63. The fourth-order valence-electron chi connectivity index (χ4n) is 2.24. The summed E-state index contributed by atoms with van der Waals surface area (Å²) in [7, 11) is 0. The Kier molecular flexibility index (Phi) is 10.2. The number of carboxylic acid groups (broad SMARTS) is 1. The fraction of sp³-hybridized carbons (Fsp3) is 0.438. The Hall–Kier alpha value is -2.32. The highest BCUT2D eigenvalue weighted by Crippen LogP contribution is 2.17. The average molecular weight is 373 g/mol. The summed E-state index contributed by atoms with van der Waals surface area (Å²) in [4.78, 5) is 27.3. The van der Waals surface area contributed by atoms with E-state index in [1.54, 1.807) is 12.1 Å². The highest BCUT2D eigenvalue weighted by Gasteiger charge is 2.24. The zero-order valence-electron chi connectivity index (χ0n) is 13.8. The number of aliphatic imine (C=N–C) groups is 1. The van der Waals surface area contributed by atoms with Crippen molar-refractivity contribution < 1.29 is 19.8 Å². The van der Waals surface area contributed by atoms with Crippen LogP contribution in [0.5, 0.6) is 5.75 Å². The van der Waals surface area contributed by atoms with E-state index in [0.717, 1.165) is 5.56 Å². The summed E-state index contributed by atoms with van der Waals surface area (Å²) < 4.78 is 0. The van der Waals surface area contributed by atoms with Crippen molar-refractivity contribution in [1.29, 1.82) is 0 Å². The van der Waals surface area contributed by atoms with Gasteiger partial charge in [0.05, 0.1) is 12.0 Å². The lowest BCUT2D eigenvalue weighted by Gasteiger charge is -2.15. The van der Waals surface area contributed by atoms with Crippen LogP contribution in [-0.2, 0) is 16.0 Å². The number of nitrogens with zero attached hydrogens (tertiary/aromatic N) is 1. The van der Waals surface area contributed by atoms with Crippen molar-refractivity contribution in [3.8, 4) is 5.75 Å². The number of carboxylic acids is 1. The minimum absolute atomic E-state index is 0. The van der Waals surface area contributed by atoms with Gasteiger partial charge in [0.15, 0.2) is 5.96 Å². The molecule has 0 saturated carbocycles. The molecule has 0 spiro atoms. The number of phenolic OH excluding ortho intramolecular Hbond substituents is 1. The summed E-state index contributed by atoms with van der Waals surface area (Å²) >= 11 is 0. The van der Waals surface area contributed by atoms with E-state index in [1.165, 1.54) is 12.1 Å². The molecule has 8 nitrogen and oxygen atoms in total. The summed E-state index contributed by atoms with van der Waals surface area (Å²) in [5.41, 5.74) is 16.9. The first kappa shape index (κ1) is 22.7. The predicted octanol–water partition coefficient (Wildman–Crippen LogP) is 0.397. The van der Waals surface area contributed by atoms with Crippen LogP contribution in [0.2, 0.25) is 0 Å². The number of rotatable bonds is 10. The lowest BCUT2D eigenvalue weighted by atomic mass is 9.91. The average Bonchev–Trinajstić information content (AvgIpc) is 2.52. The standard InChI is InChI=1S/C16H24N4O4.ClH/c17-13(2-1-7-20-16(18)19)14(22)9-11(15(23)24)8-10-3-5-12(21)6-4-10;/h3-6,11,13,21H,1-2,7-9,17H2,(H,23,24)(H4,18,19,20);1H/t11-,13+;/m0./s1. The first-order valence-corrected chi connectivity index (χ1v) is 7.64. The first-order chi connectivity index (χ1) is 11.3. The summed E-state index contributed by atoms with van der Waals surface area (Å²) in [6.07, 6.45) is 0.989. The molecule has 140 valence electrons. The minimum Gasteiger partial charge on any atom is -0.508 e. The van der Waals surface area contributed by atoms with Gasteiger partial charge in [-0.05, 0) is 37.0 Å². The molecule has 1 aromatic rings. The second-order valence-corrected chi connectivity index (χ2v) is 5.63. The highest BCUT2D eigenvalue weighted by molar-refractivity contribution is 5.87. The molecule has 2 atom stereocenters. The molecule has 0 saturated heterocycles. The Bertz CT molecular complexity index is 588. The van der Waals surface area contributed by atoms with Gasteiger partial charge in [0, 0.05) is 13.0 Å². The van der Waals surface area contributed by atoms with E-state index in [0.29, 0.717) is 19.4 Å². The van der Waals surface area contributed by atoms with Crippen molar-refractivity contribution in [2.45, 2.75) is 31.7 Å². The van der Waals surface area contributed by atoms with Crippen LogP contribution in [0, 0.1) is 5.92 Å². The van der Waals surface area contributed by atoms with E-state index in [4.69, 9.17) is 17.2 Å². The van der Waals surface area contributed by atoms with Gasteiger partial charge < -0.3 is 27.4 Å². The van der Waals surface area contributed by atoms with Crippen LogP contribution < -0.4 is 17.2 Å². The van der Waals surface area contributed by atoms with Crippen LogP contribution in [0.4, 0.5) is 0 Å². The van der Waals surface area contributed by atoms with Crippen LogP contribution in [0.1, 0.15) is 24.8 Å². The van der Waals surface area contributed by atoms with Crippen molar-refractivity contribution in [3.63, 3.8) is 0 Å². The van der Waals surface area contributed by atoms with Crippen molar-refractivity contribution in [2.24, 2.45) is 28.1 Å². The molecule has 8 N–H and O–H groups in total. The third-order valence-corrected chi connectivity index (χ3v) is 3.60. The van der Waals surface area contributed by atoms with Gasteiger partial charge >= 0.3 is 5.97 Å². The largest absolute Gasteiger partial charge is 0.508 e. The molecule has 25 heavy (non-hydrogen) atoms. The van der Waals surface area contributed by atoms with Gasteiger partial charge in [-0.15, -0.1) is 12.4 Å². The fourth-order valence-corrected chi connectivity index (χ4v) is 2.24. The number of aliphatic carboxylic acids is 1. The number of nitrogens with two attached hydrogens (primary N) is 3. The number of hydrogen-bond donors (Lipinski definition) is 5. The number of carbonyl (C=O) groups excluding carboxylic acids is 1. The molecule has 1 rings (SSSR count). The molecule has 0 radical (unpaired) electrons. The summed E-state index contributed by atoms with van der Waals surface area (Å²) in [6.45, 7) is 0.374. The van der Waals surface area contributed by atoms with Crippen molar-refractivity contribution in [2.75, 3.05) is 6.54 Å². The van der Waals surface area contributed by atoms with Crippen molar-refractivity contribution >= 4 is 30.1 Å². The van der Waals surface area contributed by atoms with E-state index >= 15 is 0 Å². The molecule has 0 heterocycles. The molecule has 1 aromatic carbocycles. The van der Waals surface area contributed by atoms with Crippen LogP contribution in [-0.4, -0.2) is 40.5 Å². The van der Waals surface area contributed by atoms with Gasteiger partial charge in [0.1, 0.15) is 11.5 Å². The van der Waals surface area contributed by atoms with Crippen molar-refractivity contribution in [3.05, 3.63) is 29.8 Å². The number of Topliss-reactive ketones (excluding diaryl/α,β-unsaturated/α-hetero) is 1. The normalized spacial score (nSPS) is 12.5. The van der Waals surface area contributed by atoms with Crippen LogP contribution in [0.25, 0.3) is 0 Å². The monoisotopic (exact) mass is 372 g/mol. The third kappa shape index (κ3) is 8.92. The Labute approximate surface area is 152 Å². The quantitative estimate of drug-likeness (QED) is 0.225. The molecule has 0 amide bonds. The van der Waals surface area contributed by atoms with E-state index in [1.807, 2.05) is 0 Å². The number of hydrogen-bond acceptors (Lipinski definition) is 5. The van der Waals surface area contributed by atoms with E-state index in [-0.39, 0.29) is 42.7 Å². The van der Waals surface area contributed by atoms with Gasteiger partial charge in [0.2, 0.25) is 0 Å². The van der Waals surface area contributed by atoms with E-state index in [2.05, 4.69) is 4.99 Å². The number of guanidine groups is 1. The summed E-state index contributed by atoms with van der Waals surface area (Å²) in [5.74, 6) is -2.12. The minimum atomic E-state index is -1.05. The maximum atomic E-state index is 12.1. The molecule has 0 aromatic heterocycles. The van der Waals surface area contributed by atoms with Crippen LogP contribution in [0.3, 0.4) is 0 Å². The Morgan fingerprint density at radius 1 is 1.16 bits per heavy atom. The van der Waals surface area contributed by atoms with Crippen molar-refractivity contribution in [1.82, 2.24) is 0 Å². The number of benzene rings is 1.